The number of amides is 1. The third-order valence-corrected chi connectivity index (χ3v) is 4.91. The van der Waals surface area contributed by atoms with Crippen molar-refractivity contribution in [1.82, 2.24) is 14.9 Å². The highest BCUT2D eigenvalue weighted by Gasteiger charge is 2.23. The number of hydrogen-bond donors (Lipinski definition) is 0. The molecular weight excluding hydrogens is 336 g/mol. The number of aromatic nitrogens is 2. The van der Waals surface area contributed by atoms with E-state index in [1.807, 2.05) is 4.90 Å². The van der Waals surface area contributed by atoms with E-state index in [1.54, 1.807) is 24.7 Å². The molecule has 0 N–H and O–H groups in total. The van der Waals surface area contributed by atoms with Crippen molar-refractivity contribution in [1.29, 1.82) is 0 Å². The van der Waals surface area contributed by atoms with Gasteiger partial charge in [-0.3, -0.25) is 14.8 Å². The number of carbonyl (C=O) groups is 1. The van der Waals surface area contributed by atoms with Gasteiger partial charge in [0.05, 0.1) is 5.69 Å². The van der Waals surface area contributed by atoms with Crippen LogP contribution in [-0.4, -0.2) is 33.9 Å². The van der Waals surface area contributed by atoms with Crippen molar-refractivity contribution in [3.05, 3.63) is 59.7 Å². The Morgan fingerprint density at radius 1 is 1.19 bits per heavy atom. The zero-order valence-corrected chi connectivity index (χ0v) is 14.7. The predicted molar refractivity (Wildman–Crippen MR) is 94.3 cm³/mol. The minimum atomic E-state index is -0.814. The highest BCUT2D eigenvalue weighted by Crippen LogP contribution is 2.23. The van der Waals surface area contributed by atoms with Crippen LogP contribution >= 0.6 is 0 Å². The lowest BCUT2D eigenvalue weighted by Gasteiger charge is -2.33. The van der Waals surface area contributed by atoms with Gasteiger partial charge in [-0.1, -0.05) is 6.07 Å². The molecule has 3 rings (SSSR count). The van der Waals surface area contributed by atoms with Crippen LogP contribution in [0.25, 0.3) is 0 Å². The molecule has 6 heteroatoms. The second-order valence-corrected chi connectivity index (χ2v) is 6.83. The van der Waals surface area contributed by atoms with Gasteiger partial charge in [0.15, 0.2) is 11.6 Å². The molecule has 2 aromatic rings. The number of rotatable bonds is 6. The average molecular weight is 359 g/mol. The lowest BCUT2D eigenvalue weighted by atomic mass is 9.91. The zero-order chi connectivity index (χ0) is 18.4. The lowest BCUT2D eigenvalue weighted by Crippen LogP contribution is -2.40. The van der Waals surface area contributed by atoms with Crippen molar-refractivity contribution in [2.45, 2.75) is 38.5 Å². The van der Waals surface area contributed by atoms with Crippen LogP contribution in [0.2, 0.25) is 0 Å². The number of hydrogen-bond acceptors (Lipinski definition) is 3. The van der Waals surface area contributed by atoms with Crippen LogP contribution in [0.3, 0.4) is 0 Å². The summed E-state index contributed by atoms with van der Waals surface area (Å²) in [6, 6.07) is 4.07. The number of likely N-dealkylation sites (tertiary alicyclic amines) is 1. The van der Waals surface area contributed by atoms with Crippen LogP contribution < -0.4 is 0 Å². The van der Waals surface area contributed by atoms with Crippen molar-refractivity contribution in [3.8, 4) is 0 Å². The SMILES string of the molecule is O=C(CCc1cnccn1)N1CCC[C@H](CCc2ccc(F)c(F)c2)C1. The summed E-state index contributed by atoms with van der Waals surface area (Å²) in [4.78, 5) is 22.6. The second-order valence-electron chi connectivity index (χ2n) is 6.83. The molecule has 1 atom stereocenters. The molecule has 1 saturated heterocycles. The summed E-state index contributed by atoms with van der Waals surface area (Å²) in [5, 5.41) is 0. The average Bonchev–Trinajstić information content (AvgIpc) is 2.68. The van der Waals surface area contributed by atoms with E-state index >= 15 is 0 Å². The molecule has 0 spiro atoms. The molecule has 1 fully saturated rings. The molecule has 0 saturated carbocycles. The van der Waals surface area contributed by atoms with Gasteiger partial charge in [0, 0.05) is 38.1 Å². The fourth-order valence-corrected chi connectivity index (χ4v) is 3.45. The van der Waals surface area contributed by atoms with Gasteiger partial charge in [-0.25, -0.2) is 8.78 Å². The Hall–Kier alpha value is -2.37. The molecule has 1 aromatic carbocycles. The van der Waals surface area contributed by atoms with E-state index in [1.165, 1.54) is 12.1 Å². The molecule has 1 aromatic heterocycles. The van der Waals surface area contributed by atoms with Gasteiger partial charge >= 0.3 is 0 Å². The van der Waals surface area contributed by atoms with Crippen LogP contribution in [0, 0.1) is 17.6 Å². The van der Waals surface area contributed by atoms with Gasteiger partial charge < -0.3 is 4.90 Å². The standard InChI is InChI=1S/C20H23F2N3O/c21-18-7-5-15(12-19(18)22)3-4-16-2-1-11-25(14-16)20(26)8-6-17-13-23-9-10-24-17/h5,7,9-10,12-13,16H,1-4,6,8,11,14H2/t16-/m1/s1. The first-order chi connectivity index (χ1) is 12.6. The van der Waals surface area contributed by atoms with Gasteiger partial charge in [-0.2, -0.15) is 0 Å². The normalized spacial score (nSPS) is 17.3. The molecule has 0 aliphatic carbocycles. The van der Waals surface area contributed by atoms with Crippen LogP contribution in [0.4, 0.5) is 8.78 Å². The Bertz CT molecular complexity index is 739. The Balaban J connectivity index is 1.47. The van der Waals surface area contributed by atoms with E-state index < -0.39 is 11.6 Å². The minimum Gasteiger partial charge on any atom is -0.342 e. The van der Waals surface area contributed by atoms with Crippen molar-refractivity contribution >= 4 is 5.91 Å². The number of benzene rings is 1. The van der Waals surface area contributed by atoms with Crippen LogP contribution in [0.1, 0.15) is 36.9 Å². The lowest BCUT2D eigenvalue weighted by molar-refractivity contribution is -0.133. The summed E-state index contributed by atoms with van der Waals surface area (Å²) in [5.41, 5.74) is 1.63. The molecule has 0 radical (unpaired) electrons. The summed E-state index contributed by atoms with van der Waals surface area (Å²) in [5.74, 6) is -1.07. The first-order valence-corrected chi connectivity index (χ1v) is 9.08. The highest BCUT2D eigenvalue weighted by atomic mass is 19.2. The summed E-state index contributed by atoms with van der Waals surface area (Å²) < 4.78 is 26.3. The maximum absolute atomic E-state index is 13.3. The van der Waals surface area contributed by atoms with Gasteiger partial charge in [0.2, 0.25) is 5.91 Å². The predicted octanol–water partition coefficient (Wildman–Crippen LogP) is 3.56. The van der Waals surface area contributed by atoms with Crippen LogP contribution in [0.5, 0.6) is 0 Å². The molecule has 2 heterocycles. The van der Waals surface area contributed by atoms with E-state index in [0.29, 0.717) is 25.2 Å². The Morgan fingerprint density at radius 2 is 2.08 bits per heavy atom. The Labute approximate surface area is 152 Å². The van der Waals surface area contributed by atoms with Gasteiger partial charge in [-0.15, -0.1) is 0 Å². The van der Waals surface area contributed by atoms with Crippen molar-refractivity contribution < 1.29 is 13.6 Å². The maximum atomic E-state index is 13.3. The summed E-state index contributed by atoms with van der Waals surface area (Å²) in [6.07, 6.45) is 9.60. The van der Waals surface area contributed by atoms with Crippen molar-refractivity contribution in [2.75, 3.05) is 13.1 Å². The smallest absolute Gasteiger partial charge is 0.222 e. The third-order valence-electron chi connectivity index (χ3n) is 4.91. The maximum Gasteiger partial charge on any atom is 0.222 e. The summed E-state index contributed by atoms with van der Waals surface area (Å²) in [6.45, 7) is 1.53. The van der Waals surface area contributed by atoms with E-state index in [9.17, 15) is 13.6 Å². The largest absolute Gasteiger partial charge is 0.342 e. The van der Waals surface area contributed by atoms with Crippen LogP contribution in [-0.2, 0) is 17.6 Å². The molecular formula is C20H23F2N3O. The summed E-state index contributed by atoms with van der Waals surface area (Å²) >= 11 is 0. The molecule has 138 valence electrons. The first kappa shape index (κ1) is 18.4. The topological polar surface area (TPSA) is 46.1 Å². The molecule has 0 unspecified atom stereocenters. The number of piperidine rings is 1. The Morgan fingerprint density at radius 3 is 2.85 bits per heavy atom. The fraction of sp³-hybridized carbons (Fsp3) is 0.450. The first-order valence-electron chi connectivity index (χ1n) is 9.08. The van der Waals surface area contributed by atoms with Gasteiger partial charge in [-0.05, 0) is 55.7 Å². The number of halogens is 2. The monoisotopic (exact) mass is 359 g/mol. The Kier molecular flexibility index (Phi) is 6.26. The van der Waals surface area contributed by atoms with Gasteiger partial charge in [0.1, 0.15) is 0 Å². The number of aryl methyl sites for hydroxylation is 2. The van der Waals surface area contributed by atoms with Crippen LogP contribution in [0.15, 0.2) is 36.8 Å². The molecule has 4 nitrogen and oxygen atoms in total. The third kappa shape index (κ3) is 5.07. The minimum absolute atomic E-state index is 0.146. The van der Waals surface area contributed by atoms with E-state index in [-0.39, 0.29) is 5.91 Å². The van der Waals surface area contributed by atoms with E-state index in [4.69, 9.17) is 0 Å². The molecule has 1 amide bonds. The number of nitrogens with zero attached hydrogens (tertiary/aromatic N) is 3. The molecule has 1 aliphatic rings. The van der Waals surface area contributed by atoms with Crippen molar-refractivity contribution in [2.24, 2.45) is 5.92 Å². The summed E-state index contributed by atoms with van der Waals surface area (Å²) in [7, 11) is 0. The zero-order valence-electron chi connectivity index (χ0n) is 14.7. The molecule has 26 heavy (non-hydrogen) atoms. The van der Waals surface area contributed by atoms with Crippen molar-refractivity contribution in [3.63, 3.8) is 0 Å². The van der Waals surface area contributed by atoms with E-state index in [2.05, 4.69) is 9.97 Å². The quantitative estimate of drug-likeness (QED) is 0.792. The molecule has 0 bridgehead atoms. The number of carbonyl (C=O) groups excluding carboxylic acids is 1. The molecule has 1 aliphatic heterocycles. The highest BCUT2D eigenvalue weighted by molar-refractivity contribution is 5.76. The van der Waals surface area contributed by atoms with Gasteiger partial charge in [0.25, 0.3) is 0 Å². The fourth-order valence-electron chi connectivity index (χ4n) is 3.45. The second kappa shape index (κ2) is 8.83. The van der Waals surface area contributed by atoms with E-state index in [0.717, 1.165) is 43.6 Å².